The van der Waals surface area contributed by atoms with E-state index in [1.54, 1.807) is 0 Å². The van der Waals surface area contributed by atoms with Gasteiger partial charge in [0.2, 0.25) is 0 Å². The SMILES string of the molecule is O=S(=O)(ON=C(c1ccc2c(c1)sc1ccccc12)C(F)(F)C(F)(F)C(F)(F)C(F)(F)C(F)(F)C(F)F)C(F)(F)C(F)(F)C(F)(F)C(F)(F)F. The first-order valence-electron chi connectivity index (χ1n) is 11.9. The third-order valence-electron chi connectivity index (χ3n) is 6.48. The van der Waals surface area contributed by atoms with E-state index in [-0.39, 0.29) is 27.6 Å². The number of alkyl halides is 21. The Morgan fingerprint density at radius 2 is 1.12 bits per heavy atom. The lowest BCUT2D eigenvalue weighted by atomic mass is 9.90. The van der Waals surface area contributed by atoms with Gasteiger partial charge in [-0.05, 0) is 12.1 Å². The Labute approximate surface area is 265 Å². The predicted octanol–water partition coefficient (Wildman–Crippen LogP) is 9.97. The van der Waals surface area contributed by atoms with Crippen molar-refractivity contribution < 1.29 is 105 Å². The summed E-state index contributed by atoms with van der Waals surface area (Å²) in [5, 5.41) is -6.55. The molecule has 3 rings (SSSR count). The molecule has 0 atom stereocenters. The molecular formula is C23H8F21NO3S2. The first-order chi connectivity index (χ1) is 22.1. The van der Waals surface area contributed by atoms with Crippen molar-refractivity contribution in [3.05, 3.63) is 48.0 Å². The van der Waals surface area contributed by atoms with Crippen molar-refractivity contribution in [2.75, 3.05) is 0 Å². The van der Waals surface area contributed by atoms with Gasteiger partial charge in [0.1, 0.15) is 0 Å². The van der Waals surface area contributed by atoms with Crippen LogP contribution in [0.25, 0.3) is 20.2 Å². The summed E-state index contributed by atoms with van der Waals surface area (Å²) in [4.78, 5) is 0. The molecule has 0 saturated heterocycles. The van der Waals surface area contributed by atoms with Gasteiger partial charge in [0.25, 0.3) is 0 Å². The first-order valence-corrected chi connectivity index (χ1v) is 14.1. The summed E-state index contributed by atoms with van der Waals surface area (Å²) in [7, 11) is -8.41. The van der Waals surface area contributed by atoms with Crippen molar-refractivity contribution in [2.24, 2.45) is 5.16 Å². The van der Waals surface area contributed by atoms with Crippen LogP contribution in [0.15, 0.2) is 47.6 Å². The predicted molar refractivity (Wildman–Crippen MR) is 128 cm³/mol. The molecule has 0 spiro atoms. The maximum atomic E-state index is 15.2. The van der Waals surface area contributed by atoms with Crippen LogP contribution in [-0.4, -0.2) is 73.4 Å². The van der Waals surface area contributed by atoms with Crippen LogP contribution in [0.1, 0.15) is 5.56 Å². The van der Waals surface area contributed by atoms with E-state index in [9.17, 15) is 91.8 Å². The molecule has 0 aliphatic carbocycles. The van der Waals surface area contributed by atoms with E-state index < -0.39 is 85.4 Å². The van der Waals surface area contributed by atoms with Crippen molar-refractivity contribution >= 4 is 47.3 Å². The van der Waals surface area contributed by atoms with Crippen LogP contribution in [0.3, 0.4) is 0 Å². The first kappa shape index (κ1) is 41.0. The van der Waals surface area contributed by atoms with Crippen LogP contribution in [0.4, 0.5) is 92.2 Å². The highest BCUT2D eigenvalue weighted by Crippen LogP contribution is 2.59. The Hall–Kier alpha value is -3.39. The molecule has 1 aromatic heterocycles. The molecule has 0 N–H and O–H groups in total. The highest BCUT2D eigenvalue weighted by molar-refractivity contribution is 7.87. The second kappa shape index (κ2) is 11.8. The molecular weight excluding hydrogens is 801 g/mol. The monoisotopic (exact) mass is 809 g/mol. The minimum atomic E-state index is -8.41. The lowest BCUT2D eigenvalue weighted by Crippen LogP contribution is -2.70. The fraction of sp³-hybridized carbons (Fsp3) is 0.435. The summed E-state index contributed by atoms with van der Waals surface area (Å²) in [5.41, 5.74) is -5.71. The van der Waals surface area contributed by atoms with E-state index >= 15 is 8.78 Å². The minimum absolute atomic E-state index is 0.0190. The largest absolute Gasteiger partial charge is 0.460 e. The van der Waals surface area contributed by atoms with Gasteiger partial charge in [0, 0.05) is 25.7 Å². The summed E-state index contributed by atoms with van der Waals surface area (Å²) >= 11 is 0.458. The average molecular weight is 809 g/mol. The molecule has 0 fully saturated rings. The van der Waals surface area contributed by atoms with Gasteiger partial charge in [-0.15, -0.1) is 11.3 Å². The fourth-order valence-corrected chi connectivity index (χ4v) is 5.56. The number of fused-ring (bicyclic) bond motifs is 3. The van der Waals surface area contributed by atoms with Gasteiger partial charge in [-0.2, -0.15) is 91.8 Å². The number of halogens is 21. The average Bonchev–Trinajstić information content (AvgIpc) is 3.33. The van der Waals surface area contributed by atoms with Gasteiger partial charge in [-0.1, -0.05) is 35.5 Å². The van der Waals surface area contributed by atoms with Crippen LogP contribution in [-0.2, 0) is 14.4 Å². The van der Waals surface area contributed by atoms with Crippen molar-refractivity contribution in [3.63, 3.8) is 0 Å². The Kier molecular flexibility index (Phi) is 9.70. The molecule has 0 aliphatic heterocycles. The molecule has 0 saturated carbocycles. The molecule has 282 valence electrons. The van der Waals surface area contributed by atoms with Gasteiger partial charge in [0.15, 0.2) is 5.71 Å². The number of nitrogens with zero attached hydrogens (tertiary/aromatic N) is 1. The number of rotatable bonds is 12. The molecule has 4 nitrogen and oxygen atoms in total. The summed E-state index contributed by atoms with van der Waals surface area (Å²) in [6, 6.07) is 5.80. The molecule has 27 heteroatoms. The zero-order valence-corrected chi connectivity index (χ0v) is 24.2. The maximum absolute atomic E-state index is 15.2. The van der Waals surface area contributed by atoms with Crippen LogP contribution in [0.5, 0.6) is 0 Å². The van der Waals surface area contributed by atoms with Crippen molar-refractivity contribution in [1.29, 1.82) is 0 Å². The molecule has 3 aromatic rings. The maximum Gasteiger partial charge on any atom is 0.460 e. The number of benzene rings is 2. The van der Waals surface area contributed by atoms with E-state index in [0.717, 1.165) is 0 Å². The summed E-state index contributed by atoms with van der Waals surface area (Å²) < 4.78 is 312. The Balaban J connectivity index is 2.34. The molecule has 0 unspecified atom stereocenters. The van der Waals surface area contributed by atoms with E-state index in [2.05, 4.69) is 4.28 Å². The second-order valence-corrected chi connectivity index (χ2v) is 12.3. The molecule has 0 aliphatic rings. The number of hydrogen-bond acceptors (Lipinski definition) is 5. The van der Waals surface area contributed by atoms with Crippen molar-refractivity contribution in [2.45, 2.75) is 59.3 Å². The minimum Gasteiger partial charge on any atom is -0.263 e. The molecule has 50 heavy (non-hydrogen) atoms. The van der Waals surface area contributed by atoms with Crippen LogP contribution in [0, 0.1) is 0 Å². The van der Waals surface area contributed by atoms with Gasteiger partial charge in [0.05, 0.1) is 0 Å². The summed E-state index contributed by atoms with van der Waals surface area (Å²) in [6.45, 7) is 0. The zero-order valence-electron chi connectivity index (χ0n) is 22.5. The smallest absolute Gasteiger partial charge is 0.263 e. The third-order valence-corrected chi connectivity index (χ3v) is 8.77. The van der Waals surface area contributed by atoms with Gasteiger partial charge in [-0.25, -0.2) is 8.78 Å². The van der Waals surface area contributed by atoms with Crippen LogP contribution in [0.2, 0.25) is 0 Å². The Morgan fingerprint density at radius 3 is 1.62 bits per heavy atom. The van der Waals surface area contributed by atoms with Crippen LogP contribution < -0.4 is 0 Å². The van der Waals surface area contributed by atoms with E-state index in [4.69, 9.17) is 0 Å². The van der Waals surface area contributed by atoms with Gasteiger partial charge < -0.3 is 0 Å². The topological polar surface area (TPSA) is 55.7 Å². The molecule has 0 amide bonds. The highest BCUT2D eigenvalue weighted by atomic mass is 32.2. The fourth-order valence-electron chi connectivity index (χ4n) is 3.70. The number of hydrogen-bond donors (Lipinski definition) is 0. The summed E-state index contributed by atoms with van der Waals surface area (Å²) in [6.07, 6.45) is -13.7. The standard InChI is InChI=1S/C23H8F21NO3S2/c24-14(25)16(28,29)18(32,33)19(34,35)17(30,31)15(26,27)13(8-5-6-10-9-3-1-2-4-11(9)49-12(10)7-8)45-48-50(46,47)23(43,44)21(38,39)20(36,37)22(40,41)42/h1-7,14H. The Bertz CT molecular complexity index is 1900. The van der Waals surface area contributed by atoms with Gasteiger partial charge in [-0.3, -0.25) is 4.28 Å². The van der Waals surface area contributed by atoms with Crippen molar-refractivity contribution in [1.82, 2.24) is 0 Å². The van der Waals surface area contributed by atoms with Gasteiger partial charge >= 0.3 is 69.4 Å². The van der Waals surface area contributed by atoms with Crippen molar-refractivity contribution in [3.8, 4) is 0 Å². The summed E-state index contributed by atoms with van der Waals surface area (Å²) in [5.74, 6) is -56.1. The van der Waals surface area contributed by atoms with Crippen LogP contribution >= 0.6 is 11.3 Å². The second-order valence-electron chi connectivity index (χ2n) is 9.66. The third kappa shape index (κ3) is 5.64. The normalized spacial score (nSPS) is 15.8. The lowest BCUT2D eigenvalue weighted by Gasteiger charge is -2.39. The highest BCUT2D eigenvalue weighted by Gasteiger charge is 2.89. The molecule has 0 bridgehead atoms. The molecule has 2 aromatic carbocycles. The Morgan fingerprint density at radius 1 is 0.620 bits per heavy atom. The number of oxime groups is 1. The zero-order chi connectivity index (χ0) is 39.1. The van der Waals surface area contributed by atoms with E-state index in [1.165, 1.54) is 29.4 Å². The van der Waals surface area contributed by atoms with E-state index in [1.807, 2.05) is 0 Å². The van der Waals surface area contributed by atoms with E-state index in [0.29, 0.717) is 17.4 Å². The quantitative estimate of drug-likeness (QED) is 0.104. The molecule has 1 heterocycles. The lowest BCUT2D eigenvalue weighted by molar-refractivity contribution is -0.404. The number of thiophene rings is 1. The molecule has 0 radical (unpaired) electrons.